The highest BCUT2D eigenvalue weighted by Gasteiger charge is 2.28. The van der Waals surface area contributed by atoms with Crippen LogP contribution in [0.5, 0.6) is 0 Å². The number of Topliss-reactive ketones (excluding diaryl/α,β-unsaturated/α-hetero) is 1. The smallest absolute Gasteiger partial charge is 0.227 e. The molecule has 0 aliphatic carbocycles. The quantitative estimate of drug-likeness (QED) is 0.494. The van der Waals surface area contributed by atoms with E-state index in [1.807, 2.05) is 36.4 Å². The summed E-state index contributed by atoms with van der Waals surface area (Å²) >= 11 is 6.41. The monoisotopic (exact) mass is 476 g/mol. The number of carbonyl (C=O) groups excluding carboxylic acids is 1. The van der Waals surface area contributed by atoms with Gasteiger partial charge in [0.1, 0.15) is 11.6 Å². The number of benzene rings is 1. The van der Waals surface area contributed by atoms with E-state index in [4.69, 9.17) is 21.6 Å². The number of carbonyl (C=O) groups is 1. The zero-order chi connectivity index (χ0) is 23.7. The average molecular weight is 477 g/mol. The largest absolute Gasteiger partial charge is 0.352 e. The highest BCUT2D eigenvalue weighted by Crippen LogP contribution is 2.30. The van der Waals surface area contributed by atoms with Gasteiger partial charge in [0.25, 0.3) is 0 Å². The molecule has 0 N–H and O–H groups in total. The second kappa shape index (κ2) is 9.58. The SMILES string of the molecule is CC(=O)c1ccc(-c2cc(N3CCN(c4ncccc4Cl)C[C@H]3C)nc(N3CCCC3)n2)cc1. The predicted molar refractivity (Wildman–Crippen MR) is 137 cm³/mol. The summed E-state index contributed by atoms with van der Waals surface area (Å²) in [5.74, 6) is 2.61. The number of hydrogen-bond acceptors (Lipinski definition) is 7. The van der Waals surface area contributed by atoms with E-state index in [1.54, 1.807) is 13.1 Å². The normalized spacial score (nSPS) is 18.4. The first-order chi connectivity index (χ1) is 16.5. The first kappa shape index (κ1) is 22.6. The van der Waals surface area contributed by atoms with Gasteiger partial charge < -0.3 is 14.7 Å². The number of halogens is 1. The molecule has 0 bridgehead atoms. The van der Waals surface area contributed by atoms with E-state index in [0.717, 1.165) is 74.4 Å². The zero-order valence-electron chi connectivity index (χ0n) is 19.6. The maximum Gasteiger partial charge on any atom is 0.227 e. The van der Waals surface area contributed by atoms with Crippen LogP contribution in [0.1, 0.15) is 37.0 Å². The lowest BCUT2D eigenvalue weighted by atomic mass is 10.1. The fraction of sp³-hybridized carbons (Fsp3) is 0.385. The number of rotatable bonds is 5. The van der Waals surface area contributed by atoms with Crippen LogP contribution in [0.4, 0.5) is 17.6 Å². The Morgan fingerprint density at radius 2 is 1.76 bits per heavy atom. The molecule has 7 nitrogen and oxygen atoms in total. The molecule has 0 spiro atoms. The zero-order valence-corrected chi connectivity index (χ0v) is 20.4. The lowest BCUT2D eigenvalue weighted by molar-refractivity contribution is 0.101. The van der Waals surface area contributed by atoms with Crippen molar-refractivity contribution in [1.29, 1.82) is 0 Å². The molecule has 5 rings (SSSR count). The molecule has 1 aromatic carbocycles. The Morgan fingerprint density at radius 3 is 2.44 bits per heavy atom. The highest BCUT2D eigenvalue weighted by molar-refractivity contribution is 6.32. The topological polar surface area (TPSA) is 65.5 Å². The van der Waals surface area contributed by atoms with Gasteiger partial charge in [0.05, 0.1) is 10.7 Å². The first-order valence-electron chi connectivity index (χ1n) is 11.9. The number of hydrogen-bond donors (Lipinski definition) is 0. The van der Waals surface area contributed by atoms with Crippen molar-refractivity contribution in [3.8, 4) is 11.3 Å². The minimum absolute atomic E-state index is 0.0624. The molecule has 0 amide bonds. The summed E-state index contributed by atoms with van der Waals surface area (Å²) in [6.07, 6.45) is 4.11. The van der Waals surface area contributed by atoms with E-state index in [1.165, 1.54) is 0 Å². The summed E-state index contributed by atoms with van der Waals surface area (Å²) in [7, 11) is 0. The summed E-state index contributed by atoms with van der Waals surface area (Å²) in [6, 6.07) is 13.7. The molecule has 3 aromatic rings. The minimum Gasteiger partial charge on any atom is -0.352 e. The molecule has 2 fully saturated rings. The summed E-state index contributed by atoms with van der Waals surface area (Å²) in [4.78, 5) is 33.0. The van der Waals surface area contributed by atoms with Gasteiger partial charge in [-0.3, -0.25) is 4.79 Å². The van der Waals surface area contributed by atoms with E-state index < -0.39 is 0 Å². The molecule has 0 unspecified atom stereocenters. The number of piperazine rings is 1. The van der Waals surface area contributed by atoms with Crippen LogP contribution in [0.15, 0.2) is 48.7 Å². The third-order valence-corrected chi connectivity index (χ3v) is 6.93. The van der Waals surface area contributed by atoms with E-state index in [-0.39, 0.29) is 11.8 Å². The average Bonchev–Trinajstić information content (AvgIpc) is 3.39. The van der Waals surface area contributed by atoms with E-state index in [0.29, 0.717) is 10.6 Å². The maximum atomic E-state index is 11.7. The minimum atomic E-state index is 0.0624. The predicted octanol–water partition coefficient (Wildman–Crippen LogP) is 4.71. The van der Waals surface area contributed by atoms with Crippen molar-refractivity contribution in [2.24, 2.45) is 0 Å². The Kier molecular flexibility index (Phi) is 6.37. The van der Waals surface area contributed by atoms with Gasteiger partial charge in [-0.05, 0) is 38.8 Å². The van der Waals surface area contributed by atoms with Crippen LogP contribution in [0, 0.1) is 0 Å². The fourth-order valence-corrected chi connectivity index (χ4v) is 4.99. The molecule has 0 saturated carbocycles. The summed E-state index contributed by atoms with van der Waals surface area (Å²) in [5, 5.41) is 0.679. The van der Waals surface area contributed by atoms with Gasteiger partial charge in [-0.2, -0.15) is 4.98 Å². The Balaban J connectivity index is 1.46. The molecule has 8 heteroatoms. The number of pyridine rings is 1. The van der Waals surface area contributed by atoms with Crippen molar-refractivity contribution >= 4 is 35.0 Å². The molecule has 2 aliphatic heterocycles. The van der Waals surface area contributed by atoms with Crippen LogP contribution in [0.3, 0.4) is 0 Å². The van der Waals surface area contributed by atoms with Crippen LogP contribution >= 0.6 is 11.6 Å². The molecule has 2 aromatic heterocycles. The molecule has 4 heterocycles. The van der Waals surface area contributed by atoms with Gasteiger partial charge in [0.15, 0.2) is 5.78 Å². The first-order valence-corrected chi connectivity index (χ1v) is 12.2. The molecule has 0 radical (unpaired) electrons. The lowest BCUT2D eigenvalue weighted by Crippen LogP contribution is -2.52. The number of aromatic nitrogens is 3. The van der Waals surface area contributed by atoms with Crippen LogP contribution in [0.2, 0.25) is 5.02 Å². The van der Waals surface area contributed by atoms with Crippen LogP contribution in [-0.4, -0.2) is 59.5 Å². The van der Waals surface area contributed by atoms with Crippen LogP contribution < -0.4 is 14.7 Å². The highest BCUT2D eigenvalue weighted by atomic mass is 35.5. The Bertz CT molecular complexity index is 1180. The van der Waals surface area contributed by atoms with Crippen molar-refractivity contribution in [3.05, 3.63) is 59.2 Å². The molecule has 2 saturated heterocycles. The second-order valence-electron chi connectivity index (χ2n) is 9.04. The molecular weight excluding hydrogens is 448 g/mol. The van der Waals surface area contributed by atoms with Gasteiger partial charge >= 0.3 is 0 Å². The van der Waals surface area contributed by atoms with Crippen molar-refractivity contribution in [2.75, 3.05) is 47.4 Å². The number of nitrogens with zero attached hydrogens (tertiary/aromatic N) is 6. The summed E-state index contributed by atoms with van der Waals surface area (Å²) < 4.78 is 0. The van der Waals surface area contributed by atoms with Gasteiger partial charge in [-0.25, -0.2) is 9.97 Å². The van der Waals surface area contributed by atoms with Gasteiger partial charge in [0, 0.05) is 62.2 Å². The molecule has 2 aliphatic rings. The Labute approximate surface area is 205 Å². The summed E-state index contributed by atoms with van der Waals surface area (Å²) in [5.41, 5.74) is 2.57. The molecule has 176 valence electrons. The van der Waals surface area contributed by atoms with E-state index in [2.05, 4.69) is 32.7 Å². The van der Waals surface area contributed by atoms with Crippen molar-refractivity contribution in [3.63, 3.8) is 0 Å². The van der Waals surface area contributed by atoms with Crippen molar-refractivity contribution < 1.29 is 4.79 Å². The van der Waals surface area contributed by atoms with Gasteiger partial charge in [-0.1, -0.05) is 35.9 Å². The van der Waals surface area contributed by atoms with Gasteiger partial charge in [0.2, 0.25) is 5.95 Å². The van der Waals surface area contributed by atoms with Crippen molar-refractivity contribution in [2.45, 2.75) is 32.7 Å². The van der Waals surface area contributed by atoms with Crippen molar-refractivity contribution in [1.82, 2.24) is 15.0 Å². The van der Waals surface area contributed by atoms with Crippen LogP contribution in [-0.2, 0) is 0 Å². The second-order valence-corrected chi connectivity index (χ2v) is 9.44. The standard InChI is InChI=1S/C26H29ClN6O/c1-18-17-32(25-22(27)6-5-11-28-25)14-15-33(18)24-16-23(21-9-7-20(8-10-21)19(2)34)29-26(30-24)31-12-3-4-13-31/h5-11,16,18H,3-4,12-15,17H2,1-2H3/t18-/m1/s1. The van der Waals surface area contributed by atoms with Gasteiger partial charge in [-0.15, -0.1) is 0 Å². The number of anilines is 3. The number of ketones is 1. The third kappa shape index (κ3) is 4.57. The fourth-order valence-electron chi connectivity index (χ4n) is 4.75. The molecular formula is C26H29ClN6O. The third-order valence-electron chi connectivity index (χ3n) is 6.64. The molecule has 34 heavy (non-hydrogen) atoms. The van der Waals surface area contributed by atoms with Crippen LogP contribution in [0.25, 0.3) is 11.3 Å². The molecule has 1 atom stereocenters. The Morgan fingerprint density at radius 1 is 1.00 bits per heavy atom. The Hall–Kier alpha value is -3.19. The summed E-state index contributed by atoms with van der Waals surface area (Å²) in [6.45, 7) is 8.19. The van der Waals surface area contributed by atoms with E-state index >= 15 is 0 Å². The lowest BCUT2D eigenvalue weighted by Gasteiger charge is -2.41. The van der Waals surface area contributed by atoms with E-state index in [9.17, 15) is 4.79 Å². The maximum absolute atomic E-state index is 11.7.